The van der Waals surface area contributed by atoms with Gasteiger partial charge < -0.3 is 95.1 Å². The van der Waals surface area contributed by atoms with Crippen LogP contribution >= 0.6 is 21.6 Å². The molecule has 0 aromatic heterocycles. The van der Waals surface area contributed by atoms with Crippen LogP contribution in [-0.2, 0) is 59.2 Å². The summed E-state index contributed by atoms with van der Waals surface area (Å²) in [6.07, 6.45) is -13.3. The van der Waals surface area contributed by atoms with Crippen molar-refractivity contribution in [2.75, 3.05) is 24.6 Å². The number of aromatic hydroxyl groups is 1. The van der Waals surface area contributed by atoms with Crippen molar-refractivity contribution < 1.29 is 88.5 Å². The predicted octanol–water partition coefficient (Wildman–Crippen LogP) is -6.88. The van der Waals surface area contributed by atoms with Crippen molar-refractivity contribution in [1.82, 2.24) is 47.4 Å². The van der Waals surface area contributed by atoms with E-state index in [4.69, 9.17) is 17.2 Å². The Kier molecular flexibility index (Phi) is 28.5. The standard InChI is InChI=1S/C49H78N12O18S2/c1-5-23(4)38-47(76)55-26(12-13-34(50)64)42(71)57-29(17-35(51)65)43(72)59-31(48(77)61-14-6-7-32(61)46(75)58-27(15-22(2)3)41(70)53-19-36(52)66)21-81-80-20-30(54-37(67)18-33(63)39(68)40(69)49(78)79)45(74)56-28(44(73)60-38)16-24-8-10-25(62)11-9-24/h8-11,22-23,26-33,37-40,49,54,62-63,67-69,78-79H,5-7,12-21H2,1-4H3,(H2,50,64)(H2,51,65)(H2,52,66)(H,53,70)(H,55,76)(H,56,74)(H,57,71)(H,58,75)(H,59,72)(H,60,73)/t23-,26+,27-,28-,29+,30+,31+,32+,33+,37?,38+,39-,40-/m0/s1. The minimum atomic E-state index is -2.50. The summed E-state index contributed by atoms with van der Waals surface area (Å²) in [6, 6.07) is -6.72. The number of nitrogens with two attached hydrogens (primary N) is 3. The first-order chi connectivity index (χ1) is 38.0. The van der Waals surface area contributed by atoms with Gasteiger partial charge in [0.2, 0.25) is 65.0 Å². The zero-order valence-corrected chi connectivity index (χ0v) is 46.9. The molecule has 2 aliphatic heterocycles. The molecular formula is C49H78N12O18S2. The fraction of sp³-hybridized carbons (Fsp3) is 0.653. The van der Waals surface area contributed by atoms with Gasteiger partial charge in [0.1, 0.15) is 66.5 Å². The number of hydrogen-bond acceptors (Lipinski definition) is 21. The van der Waals surface area contributed by atoms with Gasteiger partial charge in [-0.05, 0) is 55.2 Å². The van der Waals surface area contributed by atoms with Gasteiger partial charge in [-0.25, -0.2) is 0 Å². The lowest BCUT2D eigenvalue weighted by atomic mass is 9.96. The third-order valence-corrected chi connectivity index (χ3v) is 15.6. The Morgan fingerprint density at radius 2 is 1.33 bits per heavy atom. The van der Waals surface area contributed by atoms with E-state index in [9.17, 15) is 88.5 Å². The average Bonchev–Trinajstić information content (AvgIpc) is 3.97. The highest BCUT2D eigenvalue weighted by Gasteiger charge is 2.41. The van der Waals surface area contributed by atoms with E-state index in [2.05, 4.69) is 42.5 Å². The Morgan fingerprint density at radius 3 is 1.93 bits per heavy atom. The van der Waals surface area contributed by atoms with E-state index >= 15 is 0 Å². The molecule has 21 N–H and O–H groups in total. The van der Waals surface area contributed by atoms with E-state index in [0.717, 1.165) is 26.5 Å². The van der Waals surface area contributed by atoms with Crippen molar-refractivity contribution >= 4 is 86.6 Å². The molecule has 1 aromatic rings. The van der Waals surface area contributed by atoms with Crippen molar-refractivity contribution in [2.24, 2.45) is 29.0 Å². The molecule has 2 fully saturated rings. The van der Waals surface area contributed by atoms with Gasteiger partial charge in [0, 0.05) is 37.3 Å². The number of hydrogen-bond donors (Lipinski definition) is 18. The fourth-order valence-corrected chi connectivity index (χ4v) is 10.9. The number of aliphatic hydroxyl groups is 6. The Balaban J connectivity index is 2.20. The lowest BCUT2D eigenvalue weighted by molar-refractivity contribution is -0.180. The summed E-state index contributed by atoms with van der Waals surface area (Å²) in [4.78, 5) is 151. The Hall–Kier alpha value is -6.39. The lowest BCUT2D eigenvalue weighted by Crippen LogP contribution is -2.62. The maximum absolute atomic E-state index is 14.8. The SMILES string of the molecule is CC[C@H](C)[C@H]1NC(=O)[C@H](Cc2ccc(O)cc2)NC(=O)[C@H](NC(O)C[C@@H](O)[C@H](O)[C@H](O)C(O)O)CSSC[C@H](C(=O)N2CCC[C@@H]2C(=O)N[C@@H](CC(C)C)C(=O)NCC(N)=O)NC(=O)[C@@H](CC(N)=O)NC(=O)[C@@H](CCC(N)=O)NC1=O. The second-order valence-corrected chi connectivity index (χ2v) is 22.8. The van der Waals surface area contributed by atoms with Crippen molar-refractivity contribution in [3.8, 4) is 5.75 Å². The molecular weight excluding hydrogens is 1110 g/mol. The minimum Gasteiger partial charge on any atom is -0.508 e. The van der Waals surface area contributed by atoms with Crippen LogP contribution < -0.4 is 59.7 Å². The summed E-state index contributed by atoms with van der Waals surface area (Å²) in [7, 11) is 1.69. The maximum Gasteiger partial charge on any atom is 0.246 e. The van der Waals surface area contributed by atoms with Crippen LogP contribution in [0.25, 0.3) is 0 Å². The van der Waals surface area contributed by atoms with Crippen LogP contribution in [0.15, 0.2) is 24.3 Å². The number of carbonyl (C=O) groups excluding carboxylic acids is 11. The second-order valence-electron chi connectivity index (χ2n) is 20.2. The molecule has 454 valence electrons. The van der Waals surface area contributed by atoms with Gasteiger partial charge in [-0.1, -0.05) is 67.8 Å². The van der Waals surface area contributed by atoms with Gasteiger partial charge in [0.15, 0.2) is 6.29 Å². The largest absolute Gasteiger partial charge is 0.508 e. The molecule has 13 atom stereocenters. The van der Waals surface area contributed by atoms with E-state index in [1.807, 2.05) is 0 Å². The molecule has 0 spiro atoms. The van der Waals surface area contributed by atoms with Gasteiger partial charge in [-0.15, -0.1) is 0 Å². The number of nitrogens with zero attached hydrogens (tertiary/aromatic N) is 1. The summed E-state index contributed by atoms with van der Waals surface area (Å²) in [5.74, 6) is -12.3. The van der Waals surface area contributed by atoms with Crippen molar-refractivity contribution in [2.45, 2.75) is 165 Å². The molecule has 30 nitrogen and oxygen atoms in total. The molecule has 0 bridgehead atoms. The van der Waals surface area contributed by atoms with Gasteiger partial charge in [0.05, 0.1) is 25.1 Å². The first-order valence-corrected chi connectivity index (χ1v) is 28.6. The summed E-state index contributed by atoms with van der Waals surface area (Å²) in [5.41, 5.74) is 16.6. The van der Waals surface area contributed by atoms with Crippen molar-refractivity contribution in [1.29, 1.82) is 0 Å². The van der Waals surface area contributed by atoms with Gasteiger partial charge in [0.25, 0.3) is 0 Å². The number of likely N-dealkylation sites (tertiary alicyclic amines) is 1. The zero-order chi connectivity index (χ0) is 60.8. The highest BCUT2D eigenvalue weighted by atomic mass is 33.1. The highest BCUT2D eigenvalue weighted by Crippen LogP contribution is 2.27. The van der Waals surface area contributed by atoms with Crippen molar-refractivity contribution in [3.05, 3.63) is 29.8 Å². The van der Waals surface area contributed by atoms with Crippen LogP contribution in [0.3, 0.4) is 0 Å². The highest BCUT2D eigenvalue weighted by molar-refractivity contribution is 8.76. The number of nitrogens with one attached hydrogen (secondary N) is 8. The molecule has 2 saturated heterocycles. The van der Waals surface area contributed by atoms with Crippen LogP contribution in [0.4, 0.5) is 0 Å². The summed E-state index contributed by atoms with van der Waals surface area (Å²) in [6.45, 7) is 6.23. The Morgan fingerprint density at radius 1 is 0.728 bits per heavy atom. The molecule has 32 heteroatoms. The monoisotopic (exact) mass is 1190 g/mol. The molecule has 0 radical (unpaired) electrons. The fourth-order valence-electron chi connectivity index (χ4n) is 8.53. The molecule has 1 aromatic carbocycles. The number of phenols is 1. The Bertz CT molecular complexity index is 2360. The van der Waals surface area contributed by atoms with E-state index in [0.29, 0.717) is 5.56 Å². The zero-order valence-electron chi connectivity index (χ0n) is 45.3. The second kappa shape index (κ2) is 33.5. The summed E-state index contributed by atoms with van der Waals surface area (Å²) < 4.78 is 0. The van der Waals surface area contributed by atoms with E-state index in [1.165, 1.54) is 24.3 Å². The quantitative estimate of drug-likeness (QED) is 0.0338. The van der Waals surface area contributed by atoms with Crippen molar-refractivity contribution in [3.63, 3.8) is 0 Å². The van der Waals surface area contributed by atoms with Crippen LogP contribution in [-0.4, -0.2) is 209 Å². The molecule has 11 amide bonds. The Labute approximate surface area is 474 Å². The van der Waals surface area contributed by atoms with Gasteiger partial charge in [-0.3, -0.25) is 58.1 Å². The van der Waals surface area contributed by atoms with Crippen LogP contribution in [0.2, 0.25) is 0 Å². The number of primary amides is 3. The third-order valence-electron chi connectivity index (χ3n) is 13.2. The van der Waals surface area contributed by atoms with E-state index in [1.54, 1.807) is 27.7 Å². The number of aliphatic hydroxyl groups excluding tert-OH is 5. The first-order valence-electron chi connectivity index (χ1n) is 26.1. The van der Waals surface area contributed by atoms with Gasteiger partial charge >= 0.3 is 0 Å². The van der Waals surface area contributed by atoms with E-state index in [-0.39, 0.29) is 56.1 Å². The van der Waals surface area contributed by atoms with Crippen LogP contribution in [0.5, 0.6) is 5.75 Å². The minimum absolute atomic E-state index is 0.0536. The maximum atomic E-state index is 14.8. The van der Waals surface area contributed by atoms with Crippen LogP contribution in [0, 0.1) is 11.8 Å². The molecule has 2 heterocycles. The normalized spacial score (nSPS) is 24.2. The summed E-state index contributed by atoms with van der Waals surface area (Å²) >= 11 is 0. The lowest BCUT2D eigenvalue weighted by Gasteiger charge is -2.31. The average molecular weight is 1190 g/mol. The number of rotatable bonds is 24. The predicted molar refractivity (Wildman–Crippen MR) is 290 cm³/mol. The number of amides is 11. The van der Waals surface area contributed by atoms with Crippen LogP contribution in [0.1, 0.15) is 84.6 Å². The number of benzene rings is 1. The molecule has 2 aliphatic rings. The molecule has 0 aliphatic carbocycles. The molecule has 3 rings (SSSR count). The molecule has 0 saturated carbocycles. The molecule has 81 heavy (non-hydrogen) atoms. The smallest absolute Gasteiger partial charge is 0.246 e. The summed E-state index contributed by atoms with van der Waals surface area (Å²) in [5, 5.41) is 90.9. The molecule has 1 unspecified atom stereocenters. The van der Waals surface area contributed by atoms with E-state index < -0.39 is 188 Å². The number of carbonyl (C=O) groups is 11. The topological polar surface area (TPSA) is 507 Å². The van der Waals surface area contributed by atoms with Gasteiger partial charge in [-0.2, -0.15) is 0 Å². The number of phenolic OH excluding ortho intramolecular Hbond substituents is 1. The first kappa shape index (κ1) is 68.9. The third kappa shape index (κ3) is 22.8.